The molecule has 0 saturated carbocycles. The molecule has 16 nitrogen and oxygen atoms in total. The fourth-order valence-electron chi connectivity index (χ4n) is 11.5. The number of carbonyl (C=O) groups is 4. The van der Waals surface area contributed by atoms with E-state index in [0.29, 0.717) is 114 Å². The van der Waals surface area contributed by atoms with E-state index in [0.717, 1.165) is 61.2 Å². The van der Waals surface area contributed by atoms with Gasteiger partial charge in [-0.2, -0.15) is 0 Å². The van der Waals surface area contributed by atoms with Gasteiger partial charge in [0.1, 0.15) is 80.6 Å². The summed E-state index contributed by atoms with van der Waals surface area (Å²) < 4.78 is 54.4. The molecule has 13 rings (SSSR count). The highest BCUT2D eigenvalue weighted by Crippen LogP contribution is 2.58. The maximum absolute atomic E-state index is 15.7. The largest absolute Gasteiger partial charge is 0.494 e. The van der Waals surface area contributed by atoms with Crippen LogP contribution in [0.4, 0.5) is 11.6 Å². The second-order valence-electron chi connectivity index (χ2n) is 22.4. The molecule has 464 valence electrons. The normalized spacial score (nSPS) is 12.8. The smallest absolute Gasteiger partial charge is 0.267 e. The Balaban J connectivity index is 1.17. The number of hydrogen-bond donors (Lipinski definition) is 0. The lowest BCUT2D eigenvalue weighted by Gasteiger charge is -2.32. The SMILES string of the molecule is CCCCOc1ccc(Oc2cc3c4c(cc(Oc5ccc(OCCCC)cc5)c5c6c(Oc7ccc(OCCCC)cc7)cc7c8c(cc(Oc9ccc(OCCCC)cc9)c(c2c45)c86)C(=O)N(c2ccc(Br)cn2)C7=O)C(=O)N(c2ccc(Br)cn2)C3=O)cc1. The number of unbranched alkanes of at least 4 members (excludes halogenated alkanes) is 4. The third-order valence-electron chi connectivity index (χ3n) is 16.1. The molecule has 11 aromatic rings. The van der Waals surface area contributed by atoms with Gasteiger partial charge in [0.2, 0.25) is 0 Å². The molecule has 0 bridgehead atoms. The summed E-state index contributed by atoms with van der Waals surface area (Å²) >= 11 is 6.95. The van der Waals surface area contributed by atoms with Crippen LogP contribution in [0.3, 0.4) is 0 Å². The number of aromatic nitrogens is 2. The summed E-state index contributed by atoms with van der Waals surface area (Å²) in [5.74, 6) is 1.92. The van der Waals surface area contributed by atoms with Crippen LogP contribution >= 0.6 is 31.9 Å². The fourth-order valence-corrected chi connectivity index (χ4v) is 12.0. The number of nitrogens with zero attached hydrogens (tertiary/aromatic N) is 4. The quantitative estimate of drug-likeness (QED) is 0.0217. The third-order valence-corrected chi connectivity index (χ3v) is 17.0. The maximum atomic E-state index is 15.7. The molecule has 2 aliphatic rings. The Morgan fingerprint density at radius 3 is 0.772 bits per heavy atom. The number of fused-ring (bicyclic) bond motifs is 2. The summed E-state index contributed by atoms with van der Waals surface area (Å²) in [5.41, 5.74) is 0.382. The van der Waals surface area contributed by atoms with Crippen molar-refractivity contribution in [1.29, 1.82) is 0 Å². The van der Waals surface area contributed by atoms with Crippen molar-refractivity contribution in [3.8, 4) is 69.0 Å². The van der Waals surface area contributed by atoms with Crippen molar-refractivity contribution in [2.24, 2.45) is 0 Å². The van der Waals surface area contributed by atoms with Gasteiger partial charge in [-0.05, 0) is 203 Å². The van der Waals surface area contributed by atoms with E-state index >= 15 is 19.2 Å². The average molecular weight is 1360 g/mol. The van der Waals surface area contributed by atoms with E-state index in [-0.39, 0.29) is 67.7 Å². The molecule has 0 fully saturated rings. The molecule has 0 N–H and O–H groups in total. The van der Waals surface area contributed by atoms with Crippen LogP contribution in [0.1, 0.15) is 120 Å². The molecule has 2 aliphatic heterocycles. The molecular formula is C74H62Br2N4O12. The van der Waals surface area contributed by atoms with E-state index in [1.54, 1.807) is 97.1 Å². The number of carbonyl (C=O) groups excluding carboxylic acids is 4. The van der Waals surface area contributed by atoms with Crippen LogP contribution in [-0.2, 0) is 0 Å². The molecule has 2 aromatic heterocycles. The second-order valence-corrected chi connectivity index (χ2v) is 24.2. The van der Waals surface area contributed by atoms with Crippen molar-refractivity contribution in [1.82, 2.24) is 9.97 Å². The standard InChI is InChI=1S/C74H62Br2N4O12/c1-5-9-33-85-45-15-23-49(24-16-45)89-57-37-53-63-54(72(82)79(71(53)81)61-31-13-43(75)41-77-61)39-59(91-51-27-19-47(20-28-51)87-35-11-7-3)67-68-60(92-52-29-21-48(22-30-52)88-36-12-8-4)40-56-64-55(73(83)80(74(56)84)62-32-14-44(76)42-78-62)38-58(66(70(64)68)65(57)69(63)67)90-50-25-17-46(18-26-50)86-34-10-6-2/h13-32,37-42H,5-12,33-36H2,1-4H3. The average Bonchev–Trinajstić information content (AvgIpc) is 0.674. The summed E-state index contributed by atoms with van der Waals surface area (Å²) in [6.07, 6.45) is 10.3. The molecule has 92 heavy (non-hydrogen) atoms. The van der Waals surface area contributed by atoms with Gasteiger partial charge in [-0.3, -0.25) is 19.2 Å². The summed E-state index contributed by atoms with van der Waals surface area (Å²) in [6, 6.07) is 41.7. The van der Waals surface area contributed by atoms with Gasteiger partial charge < -0.3 is 37.9 Å². The van der Waals surface area contributed by atoms with Crippen LogP contribution in [0.25, 0.3) is 43.1 Å². The number of anilines is 2. The Kier molecular flexibility index (Phi) is 17.7. The van der Waals surface area contributed by atoms with Gasteiger partial charge in [0.05, 0.1) is 48.7 Å². The molecule has 0 unspecified atom stereocenters. The van der Waals surface area contributed by atoms with E-state index < -0.39 is 23.6 Å². The van der Waals surface area contributed by atoms with E-state index in [1.807, 2.05) is 48.5 Å². The second kappa shape index (κ2) is 26.6. The van der Waals surface area contributed by atoms with Crippen LogP contribution in [0.2, 0.25) is 0 Å². The van der Waals surface area contributed by atoms with Gasteiger partial charge in [-0.25, -0.2) is 19.8 Å². The molecule has 0 spiro atoms. The Bertz CT molecular complexity index is 4070. The Morgan fingerprint density at radius 1 is 0.315 bits per heavy atom. The van der Waals surface area contributed by atoms with Crippen LogP contribution in [0, 0.1) is 0 Å². The van der Waals surface area contributed by atoms with E-state index in [2.05, 4.69) is 69.5 Å². The van der Waals surface area contributed by atoms with Crippen molar-refractivity contribution < 1.29 is 57.1 Å². The van der Waals surface area contributed by atoms with Gasteiger partial charge in [0.25, 0.3) is 23.6 Å². The molecule has 0 atom stereocenters. The lowest BCUT2D eigenvalue weighted by atomic mass is 9.80. The van der Waals surface area contributed by atoms with Crippen LogP contribution < -0.4 is 47.7 Å². The van der Waals surface area contributed by atoms with Crippen LogP contribution in [-0.4, -0.2) is 60.0 Å². The predicted octanol–water partition coefficient (Wildman–Crippen LogP) is 19.5. The van der Waals surface area contributed by atoms with Gasteiger partial charge in [-0.15, -0.1) is 0 Å². The molecule has 18 heteroatoms. The fraction of sp³-hybridized carbons (Fsp3) is 0.216. The molecule has 9 aromatic carbocycles. The Hall–Kier alpha value is -9.78. The summed E-state index contributed by atoms with van der Waals surface area (Å²) in [7, 11) is 0. The number of amides is 4. The number of rotatable bonds is 26. The van der Waals surface area contributed by atoms with Crippen molar-refractivity contribution >= 4 is 110 Å². The van der Waals surface area contributed by atoms with Gasteiger partial charge in [-0.1, -0.05) is 53.4 Å². The number of pyridine rings is 2. The first-order valence-corrected chi connectivity index (χ1v) is 32.5. The number of halogens is 2. The van der Waals surface area contributed by atoms with Gasteiger partial charge >= 0.3 is 0 Å². The zero-order valence-corrected chi connectivity index (χ0v) is 54.1. The molecule has 0 saturated heterocycles. The first kappa shape index (κ1) is 61.1. The molecular weight excluding hydrogens is 1300 g/mol. The number of benzene rings is 9. The van der Waals surface area contributed by atoms with Crippen LogP contribution in [0.5, 0.6) is 69.0 Å². The first-order chi connectivity index (χ1) is 44.9. The lowest BCUT2D eigenvalue weighted by molar-refractivity contribution is 0.0876. The highest BCUT2D eigenvalue weighted by molar-refractivity contribution is 9.10. The topological polar surface area (TPSA) is 174 Å². The van der Waals surface area contributed by atoms with E-state index in [4.69, 9.17) is 37.9 Å². The van der Waals surface area contributed by atoms with E-state index in [9.17, 15) is 0 Å². The zero-order chi connectivity index (χ0) is 63.6. The van der Waals surface area contributed by atoms with Crippen LogP contribution in [0.15, 0.2) is 167 Å². The number of hydrogen-bond acceptors (Lipinski definition) is 14. The molecule has 0 aliphatic carbocycles. The summed E-state index contributed by atoms with van der Waals surface area (Å²) in [6.45, 7) is 10.4. The minimum Gasteiger partial charge on any atom is -0.494 e. The Labute approximate surface area is 547 Å². The maximum Gasteiger partial charge on any atom is 0.267 e. The first-order valence-electron chi connectivity index (χ1n) is 30.9. The number of imide groups is 2. The number of ether oxygens (including phenoxy) is 8. The van der Waals surface area contributed by atoms with Gasteiger partial charge in [0.15, 0.2) is 0 Å². The molecule has 4 amide bonds. The minimum atomic E-state index is -0.684. The van der Waals surface area contributed by atoms with Crippen molar-refractivity contribution in [3.63, 3.8) is 0 Å². The van der Waals surface area contributed by atoms with Crippen molar-refractivity contribution in [2.75, 3.05) is 36.2 Å². The molecule has 4 heterocycles. The Morgan fingerprint density at radius 2 is 0.554 bits per heavy atom. The zero-order valence-electron chi connectivity index (χ0n) is 50.9. The minimum absolute atomic E-state index is 0.0748. The highest BCUT2D eigenvalue weighted by Gasteiger charge is 2.43. The summed E-state index contributed by atoms with van der Waals surface area (Å²) in [4.78, 5) is 74.2. The van der Waals surface area contributed by atoms with Gasteiger partial charge in [0, 0.05) is 64.4 Å². The predicted molar refractivity (Wildman–Crippen MR) is 361 cm³/mol. The monoisotopic (exact) mass is 1360 g/mol. The summed E-state index contributed by atoms with van der Waals surface area (Å²) in [5, 5.41) is 2.56. The van der Waals surface area contributed by atoms with E-state index in [1.165, 1.54) is 12.4 Å². The highest BCUT2D eigenvalue weighted by atomic mass is 79.9. The molecule has 0 radical (unpaired) electrons. The lowest BCUT2D eigenvalue weighted by Crippen LogP contribution is -2.41. The van der Waals surface area contributed by atoms with Crippen molar-refractivity contribution in [2.45, 2.75) is 79.1 Å². The van der Waals surface area contributed by atoms with Crippen molar-refractivity contribution in [3.05, 3.63) is 189 Å². The third kappa shape index (κ3) is 11.8.